The summed E-state index contributed by atoms with van der Waals surface area (Å²) >= 11 is 13.6. The maximum atomic E-state index is 13.3. The van der Waals surface area contributed by atoms with E-state index in [9.17, 15) is 14.7 Å². The fraction of sp³-hybridized carbons (Fsp3) is 0.160. The van der Waals surface area contributed by atoms with Gasteiger partial charge in [0.1, 0.15) is 18.9 Å². The van der Waals surface area contributed by atoms with Gasteiger partial charge in [-0.2, -0.15) is 0 Å². The van der Waals surface area contributed by atoms with E-state index in [2.05, 4.69) is 20.8 Å². The van der Waals surface area contributed by atoms with E-state index in [1.165, 1.54) is 16.8 Å². The smallest absolute Gasteiger partial charge is 0.408 e. The molecule has 190 valence electrons. The van der Waals surface area contributed by atoms with Gasteiger partial charge in [-0.1, -0.05) is 71.7 Å². The Bertz CT molecular complexity index is 1350. The molecular formula is C25H21Cl2N5O4S. The minimum absolute atomic E-state index is 0.0547. The molecule has 0 spiro atoms. The van der Waals surface area contributed by atoms with Crippen LogP contribution in [0.5, 0.6) is 5.75 Å². The Morgan fingerprint density at radius 3 is 2.38 bits per heavy atom. The van der Waals surface area contributed by atoms with Gasteiger partial charge in [0.2, 0.25) is 5.16 Å². The lowest BCUT2D eigenvalue weighted by atomic mass is 10.0. The molecule has 0 radical (unpaired) electrons. The third-order valence-electron chi connectivity index (χ3n) is 5.19. The largest absolute Gasteiger partial charge is 0.508 e. The number of carbonyl (C=O) groups excluding carboxylic acids is 2. The summed E-state index contributed by atoms with van der Waals surface area (Å²) in [6.07, 6.45) is -0.573. The van der Waals surface area contributed by atoms with Crippen molar-refractivity contribution in [2.45, 2.75) is 35.7 Å². The van der Waals surface area contributed by atoms with Crippen molar-refractivity contribution in [2.75, 3.05) is 0 Å². The van der Waals surface area contributed by atoms with E-state index >= 15 is 0 Å². The molecule has 1 amide bonds. The van der Waals surface area contributed by atoms with Crippen molar-refractivity contribution in [3.05, 3.63) is 94.0 Å². The molecule has 37 heavy (non-hydrogen) atoms. The number of phenolic OH excluding ortho intramolecular Hbond substituents is 1. The second kappa shape index (κ2) is 12.6. The molecule has 0 saturated heterocycles. The number of alkyl carbamates (subject to hydrolysis) is 1. The van der Waals surface area contributed by atoms with Gasteiger partial charge in [-0.15, -0.1) is 5.10 Å². The number of carbonyl (C=O) groups is 2. The van der Waals surface area contributed by atoms with Gasteiger partial charge in [-0.05, 0) is 64.0 Å². The first-order valence-corrected chi connectivity index (χ1v) is 12.6. The van der Waals surface area contributed by atoms with Gasteiger partial charge in [0.25, 0.3) is 0 Å². The van der Waals surface area contributed by atoms with Crippen molar-refractivity contribution >= 4 is 46.8 Å². The van der Waals surface area contributed by atoms with Crippen LogP contribution in [0.2, 0.25) is 10.0 Å². The number of tetrazole rings is 1. The number of halogens is 2. The molecule has 4 rings (SSSR count). The van der Waals surface area contributed by atoms with Crippen LogP contribution >= 0.6 is 35.0 Å². The van der Waals surface area contributed by atoms with Crippen molar-refractivity contribution in [2.24, 2.45) is 0 Å². The molecule has 1 atom stereocenters. The van der Waals surface area contributed by atoms with Crippen LogP contribution in [-0.4, -0.2) is 43.2 Å². The first-order chi connectivity index (χ1) is 17.9. The number of phenols is 1. The number of nitrogens with one attached hydrogen (secondary N) is 1. The van der Waals surface area contributed by atoms with Gasteiger partial charge in [0.15, 0.2) is 5.78 Å². The second-order valence-corrected chi connectivity index (χ2v) is 9.66. The fourth-order valence-corrected chi connectivity index (χ4v) is 4.74. The van der Waals surface area contributed by atoms with Gasteiger partial charge in [0, 0.05) is 0 Å². The molecule has 1 aromatic heterocycles. The molecule has 0 aliphatic carbocycles. The first-order valence-electron chi connectivity index (χ1n) is 11.0. The van der Waals surface area contributed by atoms with Crippen molar-refractivity contribution in [1.82, 2.24) is 25.5 Å². The number of ether oxygens (including phenoxy) is 1. The summed E-state index contributed by atoms with van der Waals surface area (Å²) in [7, 11) is 0. The number of hydrogen-bond donors (Lipinski definition) is 2. The maximum absolute atomic E-state index is 13.3. The highest BCUT2D eigenvalue weighted by Gasteiger charge is 2.25. The summed E-state index contributed by atoms with van der Waals surface area (Å²) in [5.41, 5.74) is 1.54. The van der Waals surface area contributed by atoms with Crippen LogP contribution in [0.15, 0.2) is 82.8 Å². The normalized spacial score (nSPS) is 11.6. The summed E-state index contributed by atoms with van der Waals surface area (Å²) < 4.78 is 6.62. The molecule has 2 N–H and O–H groups in total. The Kier molecular flexibility index (Phi) is 8.99. The SMILES string of the molecule is O=C(NC(Cc1ccc(O)cc1)C(=O)Cn1nnnc1Sc1c(Cl)cccc1Cl)OCc1ccccc1. The Hall–Kier alpha value is -3.60. The molecule has 3 aromatic carbocycles. The van der Waals surface area contributed by atoms with Crippen LogP contribution in [0.1, 0.15) is 11.1 Å². The molecule has 0 bridgehead atoms. The van der Waals surface area contributed by atoms with Crippen molar-refractivity contribution in [3.63, 3.8) is 0 Å². The van der Waals surface area contributed by atoms with Crippen LogP contribution in [0.3, 0.4) is 0 Å². The van der Waals surface area contributed by atoms with E-state index in [0.717, 1.165) is 22.9 Å². The van der Waals surface area contributed by atoms with Gasteiger partial charge in [0.05, 0.1) is 21.0 Å². The van der Waals surface area contributed by atoms with E-state index < -0.39 is 12.1 Å². The molecule has 0 aliphatic rings. The molecule has 0 fully saturated rings. The number of nitrogens with zero attached hydrogens (tertiary/aromatic N) is 4. The lowest BCUT2D eigenvalue weighted by molar-refractivity contribution is -0.121. The van der Waals surface area contributed by atoms with E-state index in [1.807, 2.05) is 30.3 Å². The Morgan fingerprint density at radius 1 is 0.973 bits per heavy atom. The minimum Gasteiger partial charge on any atom is -0.508 e. The Labute approximate surface area is 226 Å². The lowest BCUT2D eigenvalue weighted by Crippen LogP contribution is -2.44. The highest BCUT2D eigenvalue weighted by Crippen LogP contribution is 2.37. The summed E-state index contributed by atoms with van der Waals surface area (Å²) in [6, 6.07) is 19.7. The number of aromatic nitrogens is 4. The van der Waals surface area contributed by atoms with Crippen LogP contribution in [-0.2, 0) is 29.1 Å². The third-order valence-corrected chi connectivity index (χ3v) is 7.16. The highest BCUT2D eigenvalue weighted by atomic mass is 35.5. The summed E-state index contributed by atoms with van der Waals surface area (Å²) in [4.78, 5) is 26.4. The highest BCUT2D eigenvalue weighted by molar-refractivity contribution is 7.99. The van der Waals surface area contributed by atoms with E-state index in [1.54, 1.807) is 30.3 Å². The molecule has 12 heteroatoms. The minimum atomic E-state index is -0.946. The molecule has 4 aromatic rings. The van der Waals surface area contributed by atoms with E-state index in [-0.39, 0.29) is 31.1 Å². The zero-order chi connectivity index (χ0) is 26.2. The number of rotatable bonds is 10. The van der Waals surface area contributed by atoms with Crippen LogP contribution in [0, 0.1) is 0 Å². The number of aromatic hydroxyl groups is 1. The fourth-order valence-electron chi connectivity index (χ4n) is 3.32. The predicted molar refractivity (Wildman–Crippen MR) is 139 cm³/mol. The summed E-state index contributed by atoms with van der Waals surface area (Å²) in [5, 5.41) is 24.9. The first kappa shape index (κ1) is 26.5. The maximum Gasteiger partial charge on any atom is 0.408 e. The van der Waals surface area contributed by atoms with Gasteiger partial charge in [-0.3, -0.25) is 4.79 Å². The number of Topliss-reactive ketones (excluding diaryl/α,β-unsaturated/α-hetero) is 1. The number of benzene rings is 3. The molecule has 1 heterocycles. The topological polar surface area (TPSA) is 119 Å². The van der Waals surface area contributed by atoms with E-state index in [0.29, 0.717) is 20.1 Å². The summed E-state index contributed by atoms with van der Waals surface area (Å²) in [5.74, 6) is -0.264. The quantitative estimate of drug-likeness (QED) is 0.281. The summed E-state index contributed by atoms with van der Waals surface area (Å²) in [6.45, 7) is -0.168. The second-order valence-electron chi connectivity index (χ2n) is 7.87. The monoisotopic (exact) mass is 557 g/mol. The van der Waals surface area contributed by atoms with Crippen LogP contribution < -0.4 is 5.32 Å². The van der Waals surface area contributed by atoms with Crippen LogP contribution in [0.25, 0.3) is 0 Å². The van der Waals surface area contributed by atoms with Crippen LogP contribution in [0.4, 0.5) is 4.79 Å². The zero-order valence-corrected chi connectivity index (χ0v) is 21.6. The molecule has 0 saturated carbocycles. The van der Waals surface area contributed by atoms with Crippen molar-refractivity contribution in [1.29, 1.82) is 0 Å². The van der Waals surface area contributed by atoms with Gasteiger partial charge in [-0.25, -0.2) is 9.48 Å². The Balaban J connectivity index is 1.48. The number of amides is 1. The van der Waals surface area contributed by atoms with Crippen molar-refractivity contribution in [3.8, 4) is 5.75 Å². The van der Waals surface area contributed by atoms with Gasteiger partial charge >= 0.3 is 6.09 Å². The number of ketones is 1. The van der Waals surface area contributed by atoms with Gasteiger partial charge < -0.3 is 15.2 Å². The molecule has 9 nitrogen and oxygen atoms in total. The average molecular weight is 558 g/mol. The lowest BCUT2D eigenvalue weighted by Gasteiger charge is -2.18. The average Bonchev–Trinajstić information content (AvgIpc) is 3.33. The number of hydrogen-bond acceptors (Lipinski definition) is 8. The molecule has 1 unspecified atom stereocenters. The molecular weight excluding hydrogens is 537 g/mol. The third kappa shape index (κ3) is 7.45. The Morgan fingerprint density at radius 2 is 1.68 bits per heavy atom. The molecule has 0 aliphatic heterocycles. The zero-order valence-electron chi connectivity index (χ0n) is 19.3. The van der Waals surface area contributed by atoms with Crippen molar-refractivity contribution < 1.29 is 19.4 Å². The predicted octanol–water partition coefficient (Wildman–Crippen LogP) is 4.94. The van der Waals surface area contributed by atoms with E-state index in [4.69, 9.17) is 27.9 Å². The standard InChI is InChI=1S/C25H21Cl2N5O4S/c26-19-7-4-8-20(27)23(19)37-24-29-30-31-32(24)14-22(34)21(13-16-9-11-18(33)12-10-16)28-25(35)36-15-17-5-2-1-3-6-17/h1-12,21,33H,13-15H2,(H,28,35).